The molecule has 1 fully saturated rings. The highest BCUT2D eigenvalue weighted by molar-refractivity contribution is 6.30. The Balaban J connectivity index is 1.70. The van der Waals surface area contributed by atoms with Crippen molar-refractivity contribution in [2.45, 2.75) is 44.6 Å². The quantitative estimate of drug-likeness (QED) is 0.470. The monoisotopic (exact) mass is 392 g/mol. The normalized spacial score (nSPS) is 20.1. The van der Waals surface area contributed by atoms with E-state index in [4.69, 9.17) is 27.4 Å². The first-order valence-electron chi connectivity index (χ1n) is 9.80. The highest BCUT2D eigenvalue weighted by Gasteiger charge is 2.24. The third-order valence-electron chi connectivity index (χ3n) is 5.54. The summed E-state index contributed by atoms with van der Waals surface area (Å²) in [4.78, 5) is 9.75. The molecule has 1 saturated carbocycles. The van der Waals surface area contributed by atoms with E-state index in [0.717, 1.165) is 47.6 Å². The van der Waals surface area contributed by atoms with Crippen molar-refractivity contribution in [2.75, 3.05) is 0 Å². The standard InChI is InChI=1S/C23H25ClN4/c1-15-2-12-21-20(14-15)23(17-6-10-19(28-25)11-7-17)27-22(26-21)13-5-16-3-8-18(24)9-4-16/h2-5,8-9,12-14,17,19,28H,6-7,10-11,25H2,1H3. The molecule has 0 amide bonds. The van der Waals surface area contributed by atoms with Gasteiger partial charge in [0, 0.05) is 22.4 Å². The Kier molecular flexibility index (Phi) is 5.72. The Bertz CT molecular complexity index is 989. The van der Waals surface area contributed by atoms with Crippen molar-refractivity contribution in [1.82, 2.24) is 15.4 Å². The number of nitrogens with one attached hydrogen (secondary N) is 1. The van der Waals surface area contributed by atoms with Crippen LogP contribution in [0.4, 0.5) is 0 Å². The van der Waals surface area contributed by atoms with Crippen molar-refractivity contribution in [3.8, 4) is 0 Å². The first-order chi connectivity index (χ1) is 13.6. The Hall–Kier alpha value is -2.27. The molecule has 0 bridgehead atoms. The number of fused-ring (bicyclic) bond motifs is 1. The Morgan fingerprint density at radius 2 is 1.75 bits per heavy atom. The van der Waals surface area contributed by atoms with Crippen molar-refractivity contribution < 1.29 is 0 Å². The molecule has 0 unspecified atom stereocenters. The molecule has 4 rings (SSSR count). The van der Waals surface area contributed by atoms with Gasteiger partial charge in [0.1, 0.15) is 0 Å². The maximum atomic E-state index is 5.97. The van der Waals surface area contributed by atoms with Crippen LogP contribution >= 0.6 is 11.6 Å². The lowest BCUT2D eigenvalue weighted by Crippen LogP contribution is -2.37. The molecule has 1 aliphatic rings. The van der Waals surface area contributed by atoms with Gasteiger partial charge in [-0.3, -0.25) is 11.3 Å². The van der Waals surface area contributed by atoms with E-state index in [1.54, 1.807) is 0 Å². The second kappa shape index (κ2) is 8.39. The van der Waals surface area contributed by atoms with Crippen molar-refractivity contribution in [2.24, 2.45) is 5.84 Å². The van der Waals surface area contributed by atoms with Gasteiger partial charge in [-0.15, -0.1) is 0 Å². The summed E-state index contributed by atoms with van der Waals surface area (Å²) in [5.41, 5.74) is 7.41. The minimum absolute atomic E-state index is 0.412. The van der Waals surface area contributed by atoms with Gasteiger partial charge >= 0.3 is 0 Å². The highest BCUT2D eigenvalue weighted by atomic mass is 35.5. The molecule has 144 valence electrons. The maximum absolute atomic E-state index is 5.97. The van der Waals surface area contributed by atoms with Crippen LogP contribution in [0.1, 0.15) is 54.2 Å². The molecule has 0 spiro atoms. The number of hydrogen-bond acceptors (Lipinski definition) is 4. The van der Waals surface area contributed by atoms with Gasteiger partial charge in [-0.2, -0.15) is 0 Å². The number of aryl methyl sites for hydroxylation is 1. The molecule has 3 aromatic rings. The van der Waals surface area contributed by atoms with Crippen LogP contribution in [0.25, 0.3) is 23.1 Å². The summed E-state index contributed by atoms with van der Waals surface area (Å²) in [7, 11) is 0. The van der Waals surface area contributed by atoms with E-state index in [2.05, 4.69) is 30.5 Å². The molecular formula is C23H25ClN4. The molecule has 5 heteroatoms. The summed E-state index contributed by atoms with van der Waals surface area (Å²) >= 11 is 5.97. The molecule has 0 aliphatic heterocycles. The van der Waals surface area contributed by atoms with E-state index >= 15 is 0 Å². The first-order valence-corrected chi connectivity index (χ1v) is 10.2. The van der Waals surface area contributed by atoms with Crippen LogP contribution in [0, 0.1) is 6.92 Å². The second-order valence-electron chi connectivity index (χ2n) is 7.59. The third kappa shape index (κ3) is 4.25. The van der Waals surface area contributed by atoms with E-state index in [1.165, 1.54) is 16.6 Å². The predicted molar refractivity (Wildman–Crippen MR) is 117 cm³/mol. The number of hydrogen-bond donors (Lipinski definition) is 2. The Morgan fingerprint density at radius 1 is 1.00 bits per heavy atom. The molecule has 1 aliphatic carbocycles. The number of hydrazine groups is 1. The van der Waals surface area contributed by atoms with E-state index in [9.17, 15) is 0 Å². The van der Waals surface area contributed by atoms with Crippen LogP contribution in [0.2, 0.25) is 5.02 Å². The lowest BCUT2D eigenvalue weighted by atomic mass is 9.83. The summed E-state index contributed by atoms with van der Waals surface area (Å²) in [5, 5.41) is 1.91. The number of aromatic nitrogens is 2. The van der Waals surface area contributed by atoms with Crippen molar-refractivity contribution in [3.05, 3.63) is 70.1 Å². The number of rotatable bonds is 4. The molecule has 28 heavy (non-hydrogen) atoms. The average Bonchev–Trinajstić information content (AvgIpc) is 2.73. The van der Waals surface area contributed by atoms with Gasteiger partial charge in [-0.05, 0) is 68.5 Å². The van der Waals surface area contributed by atoms with E-state index in [-0.39, 0.29) is 0 Å². The number of nitrogens with zero attached hydrogens (tertiary/aromatic N) is 2. The fraction of sp³-hybridized carbons (Fsp3) is 0.304. The average molecular weight is 393 g/mol. The van der Waals surface area contributed by atoms with Crippen LogP contribution < -0.4 is 11.3 Å². The van der Waals surface area contributed by atoms with Crippen LogP contribution in [-0.2, 0) is 0 Å². The number of nitrogens with two attached hydrogens (primary N) is 1. The second-order valence-corrected chi connectivity index (χ2v) is 8.02. The zero-order valence-corrected chi connectivity index (χ0v) is 16.8. The zero-order chi connectivity index (χ0) is 19.5. The van der Waals surface area contributed by atoms with Crippen molar-refractivity contribution in [3.63, 3.8) is 0 Å². The van der Waals surface area contributed by atoms with Gasteiger partial charge in [0.2, 0.25) is 0 Å². The van der Waals surface area contributed by atoms with Crippen molar-refractivity contribution in [1.29, 1.82) is 0 Å². The third-order valence-corrected chi connectivity index (χ3v) is 5.79. The van der Waals surface area contributed by atoms with E-state index in [1.807, 2.05) is 36.4 Å². The van der Waals surface area contributed by atoms with Crippen molar-refractivity contribution >= 4 is 34.7 Å². The van der Waals surface area contributed by atoms with Gasteiger partial charge in [-0.25, -0.2) is 9.97 Å². The summed E-state index contributed by atoms with van der Waals surface area (Å²) < 4.78 is 0. The van der Waals surface area contributed by atoms with Gasteiger partial charge in [0.25, 0.3) is 0 Å². The first kappa shape index (κ1) is 19.1. The lowest BCUT2D eigenvalue weighted by Gasteiger charge is -2.28. The summed E-state index contributed by atoms with van der Waals surface area (Å²) in [6, 6.07) is 14.6. The summed E-state index contributed by atoms with van der Waals surface area (Å²) in [5.74, 6) is 6.83. The molecule has 3 N–H and O–H groups in total. The summed E-state index contributed by atoms with van der Waals surface area (Å²) in [6.45, 7) is 2.12. The topological polar surface area (TPSA) is 63.8 Å². The van der Waals surface area contributed by atoms with Gasteiger partial charge in [0.05, 0.1) is 11.2 Å². The largest absolute Gasteiger partial charge is 0.271 e. The maximum Gasteiger partial charge on any atom is 0.152 e. The Morgan fingerprint density at radius 3 is 2.46 bits per heavy atom. The smallest absolute Gasteiger partial charge is 0.152 e. The predicted octanol–water partition coefficient (Wildman–Crippen LogP) is 5.25. The Labute approximate surface area is 170 Å². The SMILES string of the molecule is Cc1ccc2nc(C=Cc3ccc(Cl)cc3)nc(C3CCC(NN)CC3)c2c1. The van der Waals surface area contributed by atoms with Crippen LogP contribution in [0.3, 0.4) is 0 Å². The highest BCUT2D eigenvalue weighted by Crippen LogP contribution is 2.35. The van der Waals surface area contributed by atoms with Crippen LogP contribution in [0.5, 0.6) is 0 Å². The van der Waals surface area contributed by atoms with E-state index < -0.39 is 0 Å². The number of halogens is 1. The minimum atomic E-state index is 0.412. The van der Waals surface area contributed by atoms with Gasteiger partial charge in [-0.1, -0.05) is 41.4 Å². The van der Waals surface area contributed by atoms with Crippen LogP contribution in [-0.4, -0.2) is 16.0 Å². The molecule has 2 aromatic carbocycles. The molecule has 4 nitrogen and oxygen atoms in total. The fourth-order valence-corrected chi connectivity index (χ4v) is 4.07. The number of benzene rings is 2. The lowest BCUT2D eigenvalue weighted by molar-refractivity contribution is 0.344. The fourth-order valence-electron chi connectivity index (χ4n) is 3.95. The summed E-state index contributed by atoms with van der Waals surface area (Å²) in [6.07, 6.45) is 8.36. The van der Waals surface area contributed by atoms with Crippen LogP contribution in [0.15, 0.2) is 42.5 Å². The van der Waals surface area contributed by atoms with Gasteiger partial charge < -0.3 is 0 Å². The molecular weight excluding hydrogens is 368 g/mol. The minimum Gasteiger partial charge on any atom is -0.271 e. The molecule has 1 heterocycles. The molecule has 0 atom stereocenters. The molecule has 1 aromatic heterocycles. The van der Waals surface area contributed by atoms with E-state index in [0.29, 0.717) is 12.0 Å². The molecule has 0 radical (unpaired) electrons. The van der Waals surface area contributed by atoms with Gasteiger partial charge in [0.15, 0.2) is 5.82 Å². The zero-order valence-electron chi connectivity index (χ0n) is 16.0. The molecule has 0 saturated heterocycles.